The lowest BCUT2D eigenvalue weighted by Gasteiger charge is -2.12. The third-order valence-corrected chi connectivity index (χ3v) is 3.11. The third-order valence-electron chi connectivity index (χ3n) is 2.88. The Bertz CT molecular complexity index is 671. The maximum absolute atomic E-state index is 11.6. The van der Waals surface area contributed by atoms with Crippen molar-refractivity contribution in [3.05, 3.63) is 52.5 Å². The lowest BCUT2D eigenvalue weighted by molar-refractivity contribution is 0.0526. The van der Waals surface area contributed by atoms with Gasteiger partial charge in [0.15, 0.2) is 0 Å². The number of rotatable bonds is 4. The van der Waals surface area contributed by atoms with Gasteiger partial charge in [0.25, 0.3) is 0 Å². The molecule has 0 aromatic heterocycles. The number of nitrogen functional groups attached to an aromatic ring is 1. The SMILES string of the molecule is CCOC(=O)c1ccc(Oc2ccc(Cl)cc2C)c(N)c1. The van der Waals surface area contributed by atoms with E-state index in [9.17, 15) is 4.79 Å². The Morgan fingerprint density at radius 1 is 1.19 bits per heavy atom. The summed E-state index contributed by atoms with van der Waals surface area (Å²) in [6, 6.07) is 10.1. The summed E-state index contributed by atoms with van der Waals surface area (Å²) in [7, 11) is 0. The van der Waals surface area contributed by atoms with E-state index in [0.717, 1.165) is 5.56 Å². The summed E-state index contributed by atoms with van der Waals surface area (Å²) >= 11 is 5.90. The maximum atomic E-state index is 11.6. The lowest BCUT2D eigenvalue weighted by atomic mass is 10.2. The van der Waals surface area contributed by atoms with Crippen LogP contribution in [0.2, 0.25) is 5.02 Å². The molecule has 0 spiro atoms. The van der Waals surface area contributed by atoms with Crippen molar-refractivity contribution in [2.75, 3.05) is 12.3 Å². The summed E-state index contributed by atoms with van der Waals surface area (Å²) in [5.74, 6) is 0.738. The molecule has 110 valence electrons. The molecule has 0 radical (unpaired) electrons. The Morgan fingerprint density at radius 3 is 2.52 bits per heavy atom. The van der Waals surface area contributed by atoms with Crippen LogP contribution < -0.4 is 10.5 Å². The number of esters is 1. The average molecular weight is 306 g/mol. The zero-order valence-corrected chi connectivity index (χ0v) is 12.6. The Hall–Kier alpha value is -2.20. The van der Waals surface area contributed by atoms with Crippen molar-refractivity contribution >= 4 is 23.3 Å². The minimum absolute atomic E-state index is 0.320. The number of hydrogen-bond acceptors (Lipinski definition) is 4. The number of carbonyl (C=O) groups excluding carboxylic acids is 1. The van der Waals surface area contributed by atoms with E-state index in [0.29, 0.717) is 34.4 Å². The molecule has 0 unspecified atom stereocenters. The summed E-state index contributed by atoms with van der Waals surface area (Å²) in [4.78, 5) is 11.6. The highest BCUT2D eigenvalue weighted by atomic mass is 35.5. The second kappa shape index (κ2) is 6.50. The Labute approximate surface area is 128 Å². The number of aryl methyl sites for hydroxylation is 1. The van der Waals surface area contributed by atoms with Crippen LogP contribution in [-0.2, 0) is 4.74 Å². The molecule has 2 aromatic rings. The molecule has 2 rings (SSSR count). The molecule has 0 saturated heterocycles. The van der Waals surface area contributed by atoms with Crippen molar-refractivity contribution in [2.45, 2.75) is 13.8 Å². The zero-order chi connectivity index (χ0) is 15.4. The second-order valence-corrected chi connectivity index (χ2v) is 4.92. The predicted octanol–water partition coefficient (Wildman–Crippen LogP) is 4.20. The number of nitrogens with two attached hydrogens (primary N) is 1. The van der Waals surface area contributed by atoms with Gasteiger partial charge in [-0.25, -0.2) is 4.79 Å². The number of hydrogen-bond donors (Lipinski definition) is 1. The van der Waals surface area contributed by atoms with E-state index in [1.807, 2.05) is 6.92 Å². The minimum atomic E-state index is -0.404. The first-order valence-electron chi connectivity index (χ1n) is 6.52. The van der Waals surface area contributed by atoms with Crippen LogP contribution in [0, 0.1) is 6.92 Å². The average Bonchev–Trinajstić information content (AvgIpc) is 2.44. The highest BCUT2D eigenvalue weighted by Crippen LogP contribution is 2.31. The molecule has 0 atom stereocenters. The van der Waals surface area contributed by atoms with Gasteiger partial charge < -0.3 is 15.2 Å². The lowest BCUT2D eigenvalue weighted by Crippen LogP contribution is -2.05. The number of benzene rings is 2. The predicted molar refractivity (Wildman–Crippen MR) is 83.1 cm³/mol. The molecule has 21 heavy (non-hydrogen) atoms. The van der Waals surface area contributed by atoms with E-state index in [1.54, 1.807) is 43.3 Å². The molecule has 0 amide bonds. The van der Waals surface area contributed by atoms with Crippen molar-refractivity contribution in [3.63, 3.8) is 0 Å². The van der Waals surface area contributed by atoms with Crippen molar-refractivity contribution < 1.29 is 14.3 Å². The number of halogens is 1. The molecule has 0 aliphatic rings. The summed E-state index contributed by atoms with van der Waals surface area (Å²) in [5.41, 5.74) is 7.59. The van der Waals surface area contributed by atoms with E-state index >= 15 is 0 Å². The molecule has 0 fully saturated rings. The van der Waals surface area contributed by atoms with E-state index in [1.165, 1.54) is 0 Å². The van der Waals surface area contributed by atoms with Gasteiger partial charge in [-0.15, -0.1) is 0 Å². The van der Waals surface area contributed by atoms with Gasteiger partial charge in [0.2, 0.25) is 0 Å². The van der Waals surface area contributed by atoms with Crippen LogP contribution in [0.1, 0.15) is 22.8 Å². The van der Waals surface area contributed by atoms with Gasteiger partial charge in [-0.05, 0) is 55.8 Å². The van der Waals surface area contributed by atoms with Crippen LogP contribution >= 0.6 is 11.6 Å². The molecule has 0 aliphatic heterocycles. The van der Waals surface area contributed by atoms with E-state index in [-0.39, 0.29) is 0 Å². The second-order valence-electron chi connectivity index (χ2n) is 4.48. The fourth-order valence-electron chi connectivity index (χ4n) is 1.83. The van der Waals surface area contributed by atoms with Crippen LogP contribution in [0.15, 0.2) is 36.4 Å². The molecule has 4 nitrogen and oxygen atoms in total. The first kappa shape index (κ1) is 15.2. The van der Waals surface area contributed by atoms with E-state index < -0.39 is 5.97 Å². The smallest absolute Gasteiger partial charge is 0.338 e. The van der Waals surface area contributed by atoms with Crippen molar-refractivity contribution in [1.29, 1.82) is 0 Å². The maximum Gasteiger partial charge on any atom is 0.338 e. The zero-order valence-electron chi connectivity index (χ0n) is 11.9. The Morgan fingerprint density at radius 2 is 1.90 bits per heavy atom. The molecule has 0 saturated carbocycles. The van der Waals surface area contributed by atoms with Crippen LogP contribution in [0.4, 0.5) is 5.69 Å². The topological polar surface area (TPSA) is 61.5 Å². The normalized spacial score (nSPS) is 10.2. The van der Waals surface area contributed by atoms with Gasteiger partial charge in [-0.2, -0.15) is 0 Å². The van der Waals surface area contributed by atoms with Gasteiger partial charge >= 0.3 is 5.97 Å². The highest BCUT2D eigenvalue weighted by Gasteiger charge is 2.11. The van der Waals surface area contributed by atoms with Gasteiger partial charge in [0.1, 0.15) is 11.5 Å². The number of carbonyl (C=O) groups is 1. The third kappa shape index (κ3) is 3.67. The first-order valence-corrected chi connectivity index (χ1v) is 6.89. The molecule has 5 heteroatoms. The Balaban J connectivity index is 2.23. The van der Waals surface area contributed by atoms with Crippen LogP contribution in [0.3, 0.4) is 0 Å². The summed E-state index contributed by atoms with van der Waals surface area (Å²) in [5, 5.41) is 0.644. The number of ether oxygens (including phenoxy) is 2. The summed E-state index contributed by atoms with van der Waals surface area (Å²) < 4.78 is 10.7. The van der Waals surface area contributed by atoms with Crippen molar-refractivity contribution in [3.8, 4) is 11.5 Å². The van der Waals surface area contributed by atoms with Crippen LogP contribution in [0.25, 0.3) is 0 Å². The Kier molecular flexibility index (Phi) is 4.70. The van der Waals surface area contributed by atoms with Crippen LogP contribution in [-0.4, -0.2) is 12.6 Å². The fraction of sp³-hybridized carbons (Fsp3) is 0.188. The molecule has 2 N–H and O–H groups in total. The molecule has 0 bridgehead atoms. The molecular weight excluding hydrogens is 290 g/mol. The van der Waals surface area contributed by atoms with Gasteiger partial charge in [-0.3, -0.25) is 0 Å². The number of anilines is 1. The molecule has 2 aromatic carbocycles. The monoisotopic (exact) mass is 305 g/mol. The quantitative estimate of drug-likeness (QED) is 0.679. The largest absolute Gasteiger partial charge is 0.462 e. The van der Waals surface area contributed by atoms with Crippen molar-refractivity contribution in [2.24, 2.45) is 0 Å². The minimum Gasteiger partial charge on any atom is -0.462 e. The van der Waals surface area contributed by atoms with Gasteiger partial charge in [-0.1, -0.05) is 11.6 Å². The standard InChI is InChI=1S/C16H16ClNO3/c1-3-20-16(19)11-4-6-15(13(18)9-11)21-14-7-5-12(17)8-10(14)2/h4-9H,3,18H2,1-2H3. The first-order chi connectivity index (χ1) is 10.0. The van der Waals surface area contributed by atoms with Crippen LogP contribution in [0.5, 0.6) is 11.5 Å². The fourth-order valence-corrected chi connectivity index (χ4v) is 2.06. The van der Waals surface area contributed by atoms with Gasteiger partial charge in [0, 0.05) is 5.02 Å². The van der Waals surface area contributed by atoms with Crippen molar-refractivity contribution in [1.82, 2.24) is 0 Å². The molecule has 0 heterocycles. The highest BCUT2D eigenvalue weighted by molar-refractivity contribution is 6.30. The van der Waals surface area contributed by atoms with E-state index in [4.69, 9.17) is 26.8 Å². The van der Waals surface area contributed by atoms with Gasteiger partial charge in [0.05, 0.1) is 17.9 Å². The summed E-state index contributed by atoms with van der Waals surface area (Å²) in [6.45, 7) is 3.97. The van der Waals surface area contributed by atoms with E-state index in [2.05, 4.69) is 0 Å². The molecule has 0 aliphatic carbocycles. The molecular formula is C16H16ClNO3. The summed E-state index contributed by atoms with van der Waals surface area (Å²) in [6.07, 6.45) is 0.